The second-order valence-corrected chi connectivity index (χ2v) is 5.15. The van der Waals surface area contributed by atoms with Gasteiger partial charge in [-0.3, -0.25) is 10.4 Å². The van der Waals surface area contributed by atoms with Crippen molar-refractivity contribution in [1.29, 1.82) is 5.41 Å². The third kappa shape index (κ3) is 2.46. The van der Waals surface area contributed by atoms with E-state index in [4.69, 9.17) is 11.1 Å². The van der Waals surface area contributed by atoms with Gasteiger partial charge in [0.15, 0.2) is 0 Å². The average molecular weight is 281 g/mol. The zero-order valence-electron chi connectivity index (χ0n) is 10.4. The Morgan fingerprint density at radius 3 is 2.65 bits per heavy atom. The Hall–Kier alpha value is -2.47. The van der Waals surface area contributed by atoms with Gasteiger partial charge < -0.3 is 5.73 Å². The number of pyridine rings is 1. The molecule has 20 heavy (non-hydrogen) atoms. The van der Waals surface area contributed by atoms with Gasteiger partial charge in [0.1, 0.15) is 22.9 Å². The van der Waals surface area contributed by atoms with Crippen LogP contribution in [0.2, 0.25) is 0 Å². The first-order valence-electron chi connectivity index (χ1n) is 5.92. The monoisotopic (exact) mass is 281 g/mol. The first kappa shape index (κ1) is 12.6. The number of para-hydroxylation sites is 1. The standard InChI is InChI=1S/C14H11N5S/c15-13(16)12-6-5-9(7-17-12)20-14-10-3-1-2-4-11(10)18-8-19-14/h1-8H,(H3,15,16). The van der Waals surface area contributed by atoms with E-state index in [1.165, 1.54) is 11.8 Å². The first-order valence-corrected chi connectivity index (χ1v) is 6.74. The van der Waals surface area contributed by atoms with Gasteiger partial charge in [-0.05, 0) is 18.2 Å². The summed E-state index contributed by atoms with van der Waals surface area (Å²) in [5, 5.41) is 9.21. The summed E-state index contributed by atoms with van der Waals surface area (Å²) in [6.45, 7) is 0. The lowest BCUT2D eigenvalue weighted by Crippen LogP contribution is -2.12. The Bertz CT molecular complexity index is 765. The summed E-state index contributed by atoms with van der Waals surface area (Å²) in [5.41, 5.74) is 6.77. The summed E-state index contributed by atoms with van der Waals surface area (Å²) in [4.78, 5) is 13.6. The Morgan fingerprint density at radius 2 is 1.90 bits per heavy atom. The van der Waals surface area contributed by atoms with E-state index < -0.39 is 0 Å². The normalized spacial score (nSPS) is 10.6. The fraction of sp³-hybridized carbons (Fsp3) is 0. The highest BCUT2D eigenvalue weighted by molar-refractivity contribution is 7.99. The van der Waals surface area contributed by atoms with Crippen molar-refractivity contribution in [2.75, 3.05) is 0 Å². The number of nitrogens with two attached hydrogens (primary N) is 1. The summed E-state index contributed by atoms with van der Waals surface area (Å²) in [6, 6.07) is 11.5. The van der Waals surface area contributed by atoms with Crippen LogP contribution in [0, 0.1) is 5.41 Å². The highest BCUT2D eigenvalue weighted by Crippen LogP contribution is 2.30. The van der Waals surface area contributed by atoms with Crippen molar-refractivity contribution >= 4 is 28.5 Å². The minimum absolute atomic E-state index is 0.0333. The molecule has 3 aromatic rings. The predicted octanol–water partition coefficient (Wildman–Crippen LogP) is 2.46. The smallest absolute Gasteiger partial charge is 0.141 e. The third-order valence-corrected chi connectivity index (χ3v) is 3.73. The van der Waals surface area contributed by atoms with E-state index in [2.05, 4.69) is 15.0 Å². The van der Waals surface area contributed by atoms with Crippen LogP contribution in [-0.2, 0) is 0 Å². The molecule has 1 aromatic carbocycles. The molecule has 0 bridgehead atoms. The minimum atomic E-state index is -0.0333. The van der Waals surface area contributed by atoms with Crippen LogP contribution in [0.25, 0.3) is 10.9 Å². The van der Waals surface area contributed by atoms with Gasteiger partial charge >= 0.3 is 0 Å². The van der Waals surface area contributed by atoms with Crippen LogP contribution < -0.4 is 5.73 Å². The van der Waals surface area contributed by atoms with E-state index in [-0.39, 0.29) is 5.84 Å². The van der Waals surface area contributed by atoms with Gasteiger partial charge in [0.2, 0.25) is 0 Å². The van der Waals surface area contributed by atoms with Gasteiger partial charge in [-0.1, -0.05) is 30.0 Å². The molecular weight excluding hydrogens is 270 g/mol. The van der Waals surface area contributed by atoms with Crippen molar-refractivity contribution in [3.05, 3.63) is 54.6 Å². The van der Waals surface area contributed by atoms with Crippen LogP contribution in [0.15, 0.2) is 58.8 Å². The van der Waals surface area contributed by atoms with Crippen LogP contribution in [0.4, 0.5) is 0 Å². The number of aromatic nitrogens is 3. The molecule has 0 aliphatic rings. The Morgan fingerprint density at radius 1 is 1.05 bits per heavy atom. The van der Waals surface area contributed by atoms with Gasteiger partial charge in [-0.2, -0.15) is 0 Å². The molecule has 2 heterocycles. The van der Waals surface area contributed by atoms with Crippen LogP contribution in [0.5, 0.6) is 0 Å². The summed E-state index contributed by atoms with van der Waals surface area (Å²) in [7, 11) is 0. The number of nitrogens with one attached hydrogen (secondary N) is 1. The van der Waals surface area contributed by atoms with Crippen LogP contribution in [-0.4, -0.2) is 20.8 Å². The Labute approximate surface area is 119 Å². The lowest BCUT2D eigenvalue weighted by atomic mass is 10.2. The zero-order chi connectivity index (χ0) is 13.9. The SMILES string of the molecule is N=C(N)c1ccc(Sc2ncnc3ccccc23)cn1. The molecule has 0 amide bonds. The maximum atomic E-state index is 7.32. The van der Waals surface area contributed by atoms with Gasteiger partial charge in [0, 0.05) is 16.5 Å². The number of amidine groups is 1. The van der Waals surface area contributed by atoms with E-state index >= 15 is 0 Å². The van der Waals surface area contributed by atoms with E-state index in [0.29, 0.717) is 5.69 Å². The quantitative estimate of drug-likeness (QED) is 0.437. The Kier molecular flexibility index (Phi) is 3.30. The summed E-state index contributed by atoms with van der Waals surface area (Å²) < 4.78 is 0. The molecule has 2 aromatic heterocycles. The molecule has 3 rings (SSSR count). The second-order valence-electron chi connectivity index (χ2n) is 4.09. The number of benzene rings is 1. The summed E-state index contributed by atoms with van der Waals surface area (Å²) >= 11 is 1.51. The first-order chi connectivity index (χ1) is 9.74. The van der Waals surface area contributed by atoms with Gasteiger partial charge in [0.05, 0.1) is 5.52 Å². The molecule has 98 valence electrons. The molecule has 6 heteroatoms. The van der Waals surface area contributed by atoms with Gasteiger partial charge in [-0.25, -0.2) is 9.97 Å². The molecule has 0 aliphatic heterocycles. The van der Waals surface area contributed by atoms with E-state index in [1.54, 1.807) is 18.6 Å². The lowest BCUT2D eigenvalue weighted by molar-refractivity contribution is 1.10. The topological polar surface area (TPSA) is 88.5 Å². The number of hydrogen-bond acceptors (Lipinski definition) is 5. The molecule has 0 saturated carbocycles. The van der Waals surface area contributed by atoms with Crippen molar-refractivity contribution in [3.63, 3.8) is 0 Å². The van der Waals surface area contributed by atoms with Crippen LogP contribution in [0.1, 0.15) is 5.69 Å². The maximum Gasteiger partial charge on any atom is 0.141 e. The molecule has 0 atom stereocenters. The van der Waals surface area contributed by atoms with E-state index in [1.807, 2.05) is 30.3 Å². The molecular formula is C14H11N5S. The minimum Gasteiger partial charge on any atom is -0.382 e. The van der Waals surface area contributed by atoms with Crippen molar-refractivity contribution < 1.29 is 0 Å². The fourth-order valence-electron chi connectivity index (χ4n) is 1.77. The molecule has 0 fully saturated rings. The highest BCUT2D eigenvalue weighted by Gasteiger charge is 2.06. The summed E-state index contributed by atoms with van der Waals surface area (Å²) in [6.07, 6.45) is 3.25. The number of nitrogen functional groups attached to an aromatic ring is 1. The largest absolute Gasteiger partial charge is 0.382 e. The lowest BCUT2D eigenvalue weighted by Gasteiger charge is -2.04. The van der Waals surface area contributed by atoms with E-state index in [0.717, 1.165) is 20.8 Å². The van der Waals surface area contributed by atoms with Crippen molar-refractivity contribution in [2.45, 2.75) is 9.92 Å². The average Bonchev–Trinajstić information content (AvgIpc) is 2.48. The summed E-state index contributed by atoms with van der Waals surface area (Å²) in [5.74, 6) is -0.0333. The van der Waals surface area contributed by atoms with Crippen molar-refractivity contribution in [3.8, 4) is 0 Å². The highest BCUT2D eigenvalue weighted by atomic mass is 32.2. The zero-order valence-corrected chi connectivity index (χ0v) is 11.3. The van der Waals surface area contributed by atoms with Crippen LogP contribution in [0.3, 0.4) is 0 Å². The molecule has 0 aliphatic carbocycles. The number of fused-ring (bicyclic) bond motifs is 1. The third-order valence-electron chi connectivity index (χ3n) is 2.73. The van der Waals surface area contributed by atoms with Gasteiger partial charge in [0.25, 0.3) is 0 Å². The molecule has 3 N–H and O–H groups in total. The molecule has 0 unspecified atom stereocenters. The Balaban J connectivity index is 1.95. The van der Waals surface area contributed by atoms with Gasteiger partial charge in [-0.15, -0.1) is 0 Å². The van der Waals surface area contributed by atoms with Crippen molar-refractivity contribution in [2.24, 2.45) is 5.73 Å². The molecule has 0 saturated heterocycles. The number of hydrogen-bond donors (Lipinski definition) is 2. The fourth-order valence-corrected chi connectivity index (χ4v) is 2.62. The second kappa shape index (κ2) is 5.26. The molecule has 5 nitrogen and oxygen atoms in total. The molecule has 0 radical (unpaired) electrons. The maximum absolute atomic E-state index is 7.32. The van der Waals surface area contributed by atoms with Crippen molar-refractivity contribution in [1.82, 2.24) is 15.0 Å². The van der Waals surface area contributed by atoms with Crippen LogP contribution >= 0.6 is 11.8 Å². The predicted molar refractivity (Wildman–Crippen MR) is 78.9 cm³/mol. The number of nitrogens with zero attached hydrogens (tertiary/aromatic N) is 3. The number of rotatable bonds is 3. The molecule has 0 spiro atoms. The van der Waals surface area contributed by atoms with E-state index in [9.17, 15) is 0 Å².